The average molecular weight is 336 g/mol. The van der Waals surface area contributed by atoms with E-state index < -0.39 is 5.60 Å². The fraction of sp³-hybridized carbons (Fsp3) is 0.556. The van der Waals surface area contributed by atoms with Gasteiger partial charge in [0.2, 0.25) is 5.91 Å². The Bertz CT molecular complexity index is 590. The van der Waals surface area contributed by atoms with Crippen LogP contribution in [0.4, 0.5) is 9.18 Å². The van der Waals surface area contributed by atoms with E-state index in [2.05, 4.69) is 5.32 Å². The summed E-state index contributed by atoms with van der Waals surface area (Å²) in [4.78, 5) is 25.7. The summed E-state index contributed by atoms with van der Waals surface area (Å²) in [6.45, 7) is 6.58. The molecule has 0 radical (unpaired) electrons. The minimum Gasteiger partial charge on any atom is -0.444 e. The average Bonchev–Trinajstić information content (AvgIpc) is 2.48. The lowest BCUT2D eigenvalue weighted by atomic mass is 10.0. The van der Waals surface area contributed by atoms with E-state index in [-0.39, 0.29) is 30.3 Å². The number of amides is 2. The second kappa shape index (κ2) is 7.64. The van der Waals surface area contributed by atoms with Crippen LogP contribution < -0.4 is 5.32 Å². The van der Waals surface area contributed by atoms with Gasteiger partial charge in [-0.2, -0.15) is 0 Å². The van der Waals surface area contributed by atoms with Crippen molar-refractivity contribution >= 4 is 12.0 Å². The Morgan fingerprint density at radius 3 is 2.46 bits per heavy atom. The van der Waals surface area contributed by atoms with Gasteiger partial charge < -0.3 is 15.0 Å². The van der Waals surface area contributed by atoms with Crippen molar-refractivity contribution in [3.8, 4) is 0 Å². The molecular weight excluding hydrogens is 311 g/mol. The second-order valence-electron chi connectivity index (χ2n) is 7.08. The number of nitrogens with zero attached hydrogens (tertiary/aromatic N) is 1. The lowest BCUT2D eigenvalue weighted by molar-refractivity contribution is -0.121. The molecule has 2 amide bonds. The molecule has 1 aliphatic rings. The lowest BCUT2D eigenvalue weighted by Crippen LogP contribution is -2.48. The minimum atomic E-state index is -0.512. The third kappa shape index (κ3) is 5.51. The first-order valence-electron chi connectivity index (χ1n) is 8.25. The Balaban J connectivity index is 1.77. The second-order valence-corrected chi connectivity index (χ2v) is 7.08. The van der Waals surface area contributed by atoms with Gasteiger partial charge in [-0.3, -0.25) is 4.79 Å². The Morgan fingerprint density at radius 1 is 1.25 bits per heavy atom. The highest BCUT2D eigenvalue weighted by Crippen LogP contribution is 2.16. The van der Waals surface area contributed by atoms with Crippen LogP contribution in [0.3, 0.4) is 0 Å². The number of rotatable bonds is 3. The molecule has 1 aromatic rings. The van der Waals surface area contributed by atoms with E-state index in [9.17, 15) is 14.0 Å². The van der Waals surface area contributed by atoms with Gasteiger partial charge in [-0.1, -0.05) is 18.2 Å². The highest BCUT2D eigenvalue weighted by Gasteiger charge is 2.27. The molecule has 5 nitrogen and oxygen atoms in total. The first-order valence-corrected chi connectivity index (χ1v) is 8.25. The summed E-state index contributed by atoms with van der Waals surface area (Å²) in [6, 6.07) is 6.28. The van der Waals surface area contributed by atoms with Crippen LogP contribution in [0.5, 0.6) is 0 Å². The van der Waals surface area contributed by atoms with Crippen molar-refractivity contribution in [3.63, 3.8) is 0 Å². The number of ether oxygens (including phenoxy) is 1. The summed E-state index contributed by atoms with van der Waals surface area (Å²) in [6.07, 6.45) is 1.04. The molecule has 2 rings (SSSR count). The molecule has 0 aromatic heterocycles. The van der Waals surface area contributed by atoms with Crippen molar-refractivity contribution in [3.05, 3.63) is 35.6 Å². The molecule has 6 heteroatoms. The van der Waals surface area contributed by atoms with E-state index in [1.54, 1.807) is 23.1 Å². The van der Waals surface area contributed by atoms with Crippen molar-refractivity contribution in [2.24, 2.45) is 0 Å². The molecule has 1 fully saturated rings. The number of hydrogen-bond donors (Lipinski definition) is 1. The fourth-order valence-corrected chi connectivity index (χ4v) is 2.63. The van der Waals surface area contributed by atoms with Gasteiger partial charge in [0.15, 0.2) is 0 Å². The van der Waals surface area contributed by atoms with Crippen LogP contribution in [0.15, 0.2) is 24.3 Å². The number of halogens is 1. The van der Waals surface area contributed by atoms with E-state index in [4.69, 9.17) is 4.74 Å². The van der Waals surface area contributed by atoms with Crippen molar-refractivity contribution in [2.45, 2.75) is 51.7 Å². The van der Waals surface area contributed by atoms with Crippen molar-refractivity contribution in [1.29, 1.82) is 0 Å². The van der Waals surface area contributed by atoms with E-state index in [0.717, 1.165) is 0 Å². The Morgan fingerprint density at radius 2 is 1.88 bits per heavy atom. The SMILES string of the molecule is CC(C)(C)OC(=O)N1CCC(NC(=O)Cc2ccccc2F)CC1. The zero-order chi connectivity index (χ0) is 17.7. The summed E-state index contributed by atoms with van der Waals surface area (Å²) < 4.78 is 18.9. The molecule has 0 spiro atoms. The van der Waals surface area contributed by atoms with Crippen LogP contribution in [0.25, 0.3) is 0 Å². The third-order valence-corrected chi connectivity index (χ3v) is 3.82. The topological polar surface area (TPSA) is 58.6 Å². The van der Waals surface area contributed by atoms with Gasteiger partial charge in [0.1, 0.15) is 11.4 Å². The molecule has 1 aliphatic heterocycles. The number of benzene rings is 1. The number of carbonyl (C=O) groups is 2. The van der Waals surface area contributed by atoms with Crippen molar-refractivity contribution in [2.75, 3.05) is 13.1 Å². The first kappa shape index (κ1) is 18.2. The largest absolute Gasteiger partial charge is 0.444 e. The quantitative estimate of drug-likeness (QED) is 0.923. The van der Waals surface area contributed by atoms with E-state index in [0.29, 0.717) is 31.5 Å². The smallest absolute Gasteiger partial charge is 0.410 e. The molecule has 0 aliphatic carbocycles. The van der Waals surface area contributed by atoms with E-state index >= 15 is 0 Å². The van der Waals surface area contributed by atoms with E-state index in [1.165, 1.54) is 6.07 Å². The molecule has 0 saturated carbocycles. The van der Waals surface area contributed by atoms with Gasteiger partial charge in [0.05, 0.1) is 6.42 Å². The highest BCUT2D eigenvalue weighted by atomic mass is 19.1. The number of hydrogen-bond acceptors (Lipinski definition) is 3. The van der Waals surface area contributed by atoms with Gasteiger partial charge in [-0.05, 0) is 45.2 Å². The highest BCUT2D eigenvalue weighted by molar-refractivity contribution is 5.79. The number of likely N-dealkylation sites (tertiary alicyclic amines) is 1. The van der Waals surface area contributed by atoms with Gasteiger partial charge in [-0.25, -0.2) is 9.18 Å². The molecule has 0 bridgehead atoms. The van der Waals surface area contributed by atoms with Crippen LogP contribution in [0, 0.1) is 5.82 Å². The van der Waals surface area contributed by atoms with Gasteiger partial charge in [0, 0.05) is 19.1 Å². The van der Waals surface area contributed by atoms with Crippen LogP contribution >= 0.6 is 0 Å². The molecule has 0 atom stereocenters. The summed E-state index contributed by atoms with van der Waals surface area (Å²) in [5.74, 6) is -0.566. The summed E-state index contributed by atoms with van der Waals surface area (Å²) >= 11 is 0. The summed E-state index contributed by atoms with van der Waals surface area (Å²) in [5, 5.41) is 2.92. The number of carbonyl (C=O) groups excluding carboxylic acids is 2. The Labute approximate surface area is 142 Å². The molecule has 24 heavy (non-hydrogen) atoms. The van der Waals surface area contributed by atoms with Crippen LogP contribution in [0.1, 0.15) is 39.2 Å². The molecular formula is C18H25FN2O3. The predicted octanol–water partition coefficient (Wildman–Crippen LogP) is 2.88. The maximum Gasteiger partial charge on any atom is 0.410 e. The lowest BCUT2D eigenvalue weighted by Gasteiger charge is -2.33. The van der Waals surface area contributed by atoms with Gasteiger partial charge in [-0.15, -0.1) is 0 Å². The fourth-order valence-electron chi connectivity index (χ4n) is 2.63. The number of nitrogens with one attached hydrogen (secondary N) is 1. The summed E-state index contributed by atoms with van der Waals surface area (Å²) in [5.41, 5.74) is -0.122. The first-order chi connectivity index (χ1) is 11.2. The summed E-state index contributed by atoms with van der Waals surface area (Å²) in [7, 11) is 0. The maximum atomic E-state index is 13.6. The van der Waals surface area contributed by atoms with E-state index in [1.807, 2.05) is 20.8 Å². The standard InChI is InChI=1S/C18H25FN2O3/c1-18(2,3)24-17(23)21-10-8-14(9-11-21)20-16(22)12-13-6-4-5-7-15(13)19/h4-7,14H,8-12H2,1-3H3,(H,20,22). The molecule has 0 unspecified atom stereocenters. The molecule has 1 saturated heterocycles. The van der Waals surface area contributed by atoms with Crippen LogP contribution in [0.2, 0.25) is 0 Å². The zero-order valence-electron chi connectivity index (χ0n) is 14.5. The minimum absolute atomic E-state index is 0.00274. The molecule has 1 aromatic carbocycles. The molecule has 132 valence electrons. The Kier molecular flexibility index (Phi) is 5.80. The zero-order valence-corrected chi connectivity index (χ0v) is 14.5. The van der Waals surface area contributed by atoms with Gasteiger partial charge in [0.25, 0.3) is 0 Å². The normalized spacial score (nSPS) is 15.9. The third-order valence-electron chi connectivity index (χ3n) is 3.82. The monoisotopic (exact) mass is 336 g/mol. The van der Waals surface area contributed by atoms with Gasteiger partial charge >= 0.3 is 6.09 Å². The molecule has 1 heterocycles. The maximum absolute atomic E-state index is 13.6. The predicted molar refractivity (Wildman–Crippen MR) is 89.1 cm³/mol. The number of piperidine rings is 1. The van der Waals surface area contributed by atoms with Crippen LogP contribution in [-0.4, -0.2) is 41.6 Å². The Hall–Kier alpha value is -2.11. The van der Waals surface area contributed by atoms with Crippen molar-refractivity contribution in [1.82, 2.24) is 10.2 Å². The van der Waals surface area contributed by atoms with Crippen molar-refractivity contribution < 1.29 is 18.7 Å². The van der Waals surface area contributed by atoms with Crippen LogP contribution in [-0.2, 0) is 16.0 Å². The molecule has 1 N–H and O–H groups in total.